The van der Waals surface area contributed by atoms with Crippen molar-refractivity contribution in [2.24, 2.45) is 5.92 Å². The van der Waals surface area contributed by atoms with E-state index in [1.807, 2.05) is 11.2 Å². The molecule has 8 heteroatoms. The van der Waals surface area contributed by atoms with Gasteiger partial charge in [-0.15, -0.1) is 0 Å². The van der Waals surface area contributed by atoms with Crippen LogP contribution in [0, 0.1) is 5.92 Å². The van der Waals surface area contributed by atoms with Gasteiger partial charge in [0.1, 0.15) is 0 Å². The van der Waals surface area contributed by atoms with Crippen molar-refractivity contribution >= 4 is 50.6 Å². The lowest BCUT2D eigenvalue weighted by atomic mass is 10.0. The highest BCUT2D eigenvalue weighted by molar-refractivity contribution is 9.10. The molecule has 2 aliphatic heterocycles. The van der Waals surface area contributed by atoms with E-state index in [1.54, 1.807) is 36.6 Å². The molecule has 4 atom stereocenters. The molecule has 0 aliphatic carbocycles. The van der Waals surface area contributed by atoms with Gasteiger partial charge >= 0.3 is 5.97 Å². The van der Waals surface area contributed by atoms with E-state index in [1.165, 1.54) is 11.8 Å². The minimum atomic E-state index is -1.34. The number of carboxylic acids is 1. The number of thioether (sulfide) groups is 1. The first-order valence-corrected chi connectivity index (χ1v) is 11.3. The summed E-state index contributed by atoms with van der Waals surface area (Å²) in [7, 11) is 0. The molecule has 2 heterocycles. The predicted octanol–water partition coefficient (Wildman–Crippen LogP) is 2.74. The molecule has 0 radical (unpaired) electrons. The summed E-state index contributed by atoms with van der Waals surface area (Å²) in [5, 5.41) is 9.47. The molecule has 0 saturated carbocycles. The molecular formula is C17H18BrNO4S2. The second-order valence-corrected chi connectivity index (χ2v) is 9.94. The van der Waals surface area contributed by atoms with E-state index in [0.29, 0.717) is 24.2 Å². The van der Waals surface area contributed by atoms with Gasteiger partial charge in [-0.2, -0.15) is 0 Å². The molecule has 25 heavy (non-hydrogen) atoms. The van der Waals surface area contributed by atoms with Gasteiger partial charge in [-0.25, -0.2) is 0 Å². The van der Waals surface area contributed by atoms with Gasteiger partial charge in [0.25, 0.3) is 0 Å². The largest absolute Gasteiger partial charge is 0.615 e. The van der Waals surface area contributed by atoms with E-state index in [0.717, 1.165) is 4.47 Å². The Balaban J connectivity index is 2.06. The Hall–Kier alpha value is -0.960. The normalized spacial score (nSPS) is 29.3. The first-order valence-electron chi connectivity index (χ1n) is 7.72. The lowest BCUT2D eigenvalue weighted by Gasteiger charge is -2.35. The number of carbonyl (C=O) groups excluding carboxylic acids is 1. The van der Waals surface area contributed by atoms with Crippen LogP contribution < -0.4 is 0 Å². The number of hydrogen-bond acceptors (Lipinski definition) is 5. The van der Waals surface area contributed by atoms with E-state index in [-0.39, 0.29) is 5.78 Å². The van der Waals surface area contributed by atoms with Gasteiger partial charge in [0, 0.05) is 28.4 Å². The van der Waals surface area contributed by atoms with Crippen LogP contribution in [-0.4, -0.2) is 55.5 Å². The van der Waals surface area contributed by atoms with Gasteiger partial charge in [0.05, 0.1) is 12.2 Å². The van der Waals surface area contributed by atoms with Crippen molar-refractivity contribution in [3.8, 4) is 0 Å². The van der Waals surface area contributed by atoms with Crippen LogP contribution in [0.1, 0.15) is 16.8 Å². The summed E-state index contributed by atoms with van der Waals surface area (Å²) in [6.07, 6.45) is 5.62. The number of fused-ring (bicyclic) bond motifs is 1. The van der Waals surface area contributed by atoms with Crippen molar-refractivity contribution in [3.05, 3.63) is 46.1 Å². The lowest BCUT2D eigenvalue weighted by Crippen LogP contribution is -2.52. The minimum Gasteiger partial charge on any atom is -0.615 e. The van der Waals surface area contributed by atoms with Crippen molar-refractivity contribution < 1.29 is 19.2 Å². The molecular weight excluding hydrogens is 426 g/mol. The van der Waals surface area contributed by atoms with Gasteiger partial charge in [-0.1, -0.05) is 39.8 Å². The van der Waals surface area contributed by atoms with Crippen LogP contribution in [-0.2, 0) is 16.0 Å². The molecule has 1 saturated heterocycles. The molecule has 4 unspecified atom stereocenters. The monoisotopic (exact) mass is 443 g/mol. The summed E-state index contributed by atoms with van der Waals surface area (Å²) in [6, 6.07) is 6.40. The van der Waals surface area contributed by atoms with E-state index in [9.17, 15) is 19.2 Å². The second-order valence-electron chi connectivity index (χ2n) is 6.10. The number of carboxylic acid groups (broad SMARTS) is 1. The Labute approximate surface area is 162 Å². The molecule has 134 valence electrons. The number of nitrogens with zero attached hydrogens (tertiary/aromatic N) is 1. The van der Waals surface area contributed by atoms with Crippen LogP contribution in [0.4, 0.5) is 0 Å². The zero-order valence-corrected chi connectivity index (χ0v) is 17.0. The molecule has 2 aliphatic rings. The smallest absolute Gasteiger partial charge is 0.312 e. The average Bonchev–Trinajstić information content (AvgIpc) is 3.11. The fourth-order valence-corrected chi connectivity index (χ4v) is 6.32. The van der Waals surface area contributed by atoms with E-state index in [4.69, 9.17) is 0 Å². The topological polar surface area (TPSA) is 80.7 Å². The van der Waals surface area contributed by atoms with E-state index < -0.39 is 33.2 Å². The van der Waals surface area contributed by atoms with Crippen molar-refractivity contribution in [1.82, 2.24) is 4.90 Å². The van der Waals surface area contributed by atoms with Gasteiger partial charge in [0.2, 0.25) is 4.08 Å². The summed E-state index contributed by atoms with van der Waals surface area (Å²) in [4.78, 5) is 26.7. The highest BCUT2D eigenvalue weighted by atomic mass is 79.9. The van der Waals surface area contributed by atoms with Gasteiger partial charge in [-0.3, -0.25) is 9.59 Å². The summed E-state index contributed by atoms with van der Waals surface area (Å²) in [6.45, 7) is 0.481. The van der Waals surface area contributed by atoms with Gasteiger partial charge in [0.15, 0.2) is 11.8 Å². The van der Waals surface area contributed by atoms with Crippen molar-refractivity contribution in [2.75, 3.05) is 19.1 Å². The maximum absolute atomic E-state index is 13.3. The van der Waals surface area contributed by atoms with Crippen molar-refractivity contribution in [2.45, 2.75) is 16.5 Å². The number of ketones is 1. The molecule has 1 aromatic carbocycles. The fraction of sp³-hybridized carbons (Fsp3) is 0.412. The van der Waals surface area contributed by atoms with Crippen LogP contribution in [0.25, 0.3) is 0 Å². The number of aliphatic carboxylic acids is 1. The molecule has 1 N–H and O–H groups in total. The molecule has 0 bridgehead atoms. The standard InChI is InChI=1S/C17H18BrNO4S2/c1-24-17(25(2)23)9-13-12(16(21)22)7-8-19(13)15(17)14(20)10-3-5-11(18)6-4-10/h3-6,9,12,15H,7-8H2,1-2H3,(H,21,22). The highest BCUT2D eigenvalue weighted by Crippen LogP contribution is 2.49. The third-order valence-electron chi connectivity index (χ3n) is 4.83. The van der Waals surface area contributed by atoms with E-state index in [2.05, 4.69) is 15.9 Å². The Bertz CT molecular complexity index is 737. The first kappa shape index (κ1) is 18.8. The molecule has 0 aromatic heterocycles. The number of benzene rings is 1. The zero-order chi connectivity index (χ0) is 18.4. The van der Waals surface area contributed by atoms with Crippen molar-refractivity contribution in [1.29, 1.82) is 0 Å². The first-order chi connectivity index (χ1) is 11.8. The van der Waals surface area contributed by atoms with Crippen molar-refractivity contribution in [3.63, 3.8) is 0 Å². The molecule has 0 spiro atoms. The maximum Gasteiger partial charge on any atom is 0.312 e. The van der Waals surface area contributed by atoms with Crippen LogP contribution in [0.2, 0.25) is 0 Å². The number of carbonyl (C=O) groups is 2. The Morgan fingerprint density at radius 1 is 1.40 bits per heavy atom. The SMILES string of the molecule is CSC1([S+](C)[O-])C=C2C(C(=O)O)CCN2C1C(=O)c1ccc(Br)cc1. The third-order valence-corrected chi connectivity index (χ3v) is 8.78. The second kappa shape index (κ2) is 6.98. The third kappa shape index (κ3) is 3.03. The Morgan fingerprint density at radius 2 is 2.04 bits per heavy atom. The molecule has 0 amide bonds. The molecule has 5 nitrogen and oxygen atoms in total. The number of Topliss-reactive ketones (excluding diaryl/α,β-unsaturated/α-hetero) is 1. The lowest BCUT2D eigenvalue weighted by molar-refractivity contribution is -0.140. The minimum absolute atomic E-state index is 0.130. The number of rotatable bonds is 5. The molecule has 3 rings (SSSR count). The maximum atomic E-state index is 13.3. The fourth-order valence-electron chi connectivity index (χ4n) is 3.58. The average molecular weight is 444 g/mol. The van der Waals surface area contributed by atoms with Crippen LogP contribution in [0.5, 0.6) is 0 Å². The van der Waals surface area contributed by atoms with Crippen LogP contribution in [0.3, 0.4) is 0 Å². The summed E-state index contributed by atoms with van der Waals surface area (Å²) in [5.74, 6) is -1.67. The summed E-state index contributed by atoms with van der Waals surface area (Å²) < 4.78 is 12.6. The molecule has 1 fully saturated rings. The highest BCUT2D eigenvalue weighted by Gasteiger charge is 2.60. The number of halogens is 1. The van der Waals surface area contributed by atoms with Crippen LogP contribution in [0.15, 0.2) is 40.5 Å². The van der Waals surface area contributed by atoms with Crippen LogP contribution >= 0.6 is 27.7 Å². The Morgan fingerprint density at radius 3 is 2.56 bits per heavy atom. The Kier molecular flexibility index (Phi) is 5.26. The summed E-state index contributed by atoms with van der Waals surface area (Å²) >= 11 is 3.36. The zero-order valence-electron chi connectivity index (χ0n) is 13.8. The van der Waals surface area contributed by atoms with Gasteiger partial charge < -0.3 is 14.6 Å². The van der Waals surface area contributed by atoms with Gasteiger partial charge in [-0.05, 0) is 36.0 Å². The quantitative estimate of drug-likeness (QED) is 0.556. The summed E-state index contributed by atoms with van der Waals surface area (Å²) in [5.41, 5.74) is 1.15. The van der Waals surface area contributed by atoms with E-state index >= 15 is 0 Å². The number of hydrogen-bond donors (Lipinski definition) is 1. The molecule has 1 aromatic rings. The predicted molar refractivity (Wildman–Crippen MR) is 103 cm³/mol.